The number of carbonyl (C=O) groups excluding carboxylic acids is 2. The van der Waals surface area contributed by atoms with Gasteiger partial charge in [-0.2, -0.15) is 0 Å². The number of carbonyl (C=O) groups is 2. The van der Waals surface area contributed by atoms with Gasteiger partial charge in [-0.1, -0.05) is 0 Å². The molecule has 0 aliphatic heterocycles. The predicted molar refractivity (Wildman–Crippen MR) is 95.7 cm³/mol. The van der Waals surface area contributed by atoms with E-state index in [1.807, 2.05) is 0 Å². The Hall–Kier alpha value is -1.87. The van der Waals surface area contributed by atoms with Gasteiger partial charge in [0.1, 0.15) is 23.3 Å². The van der Waals surface area contributed by atoms with Crippen LogP contribution in [0, 0.1) is 5.41 Å². The lowest BCUT2D eigenvalue weighted by Gasteiger charge is -2.35. The van der Waals surface area contributed by atoms with Gasteiger partial charge >= 0.3 is 11.9 Å². The second-order valence-electron chi connectivity index (χ2n) is 7.42. The molecule has 8 N–H and O–H groups in total. The van der Waals surface area contributed by atoms with E-state index in [1.54, 1.807) is 34.6 Å². The molecule has 25 heavy (non-hydrogen) atoms. The zero-order chi connectivity index (χ0) is 19.8. The molecule has 2 atom stereocenters. The van der Waals surface area contributed by atoms with Crippen molar-refractivity contribution < 1.29 is 19.1 Å². The third kappa shape index (κ3) is 10.6. The Morgan fingerprint density at radius 2 is 1.56 bits per heavy atom. The highest BCUT2D eigenvalue weighted by atomic mass is 16.6. The van der Waals surface area contributed by atoms with Gasteiger partial charge < -0.3 is 32.0 Å². The molecule has 0 saturated carbocycles. The van der Waals surface area contributed by atoms with Crippen molar-refractivity contribution in [2.45, 2.75) is 77.2 Å². The molecule has 9 nitrogen and oxygen atoms in total. The second kappa shape index (κ2) is 9.57. The maximum absolute atomic E-state index is 12.1. The molecule has 0 bridgehead atoms. The smallest absolute Gasteiger partial charge is 0.323 e. The van der Waals surface area contributed by atoms with E-state index >= 15 is 0 Å². The average Bonchev–Trinajstić information content (AvgIpc) is 2.40. The van der Waals surface area contributed by atoms with Crippen molar-refractivity contribution in [2.24, 2.45) is 17.2 Å². The van der Waals surface area contributed by atoms with Crippen molar-refractivity contribution in [1.29, 1.82) is 5.41 Å². The summed E-state index contributed by atoms with van der Waals surface area (Å²) in [7, 11) is 0. The summed E-state index contributed by atoms with van der Waals surface area (Å²) in [5.74, 6) is -1.16. The van der Waals surface area contributed by atoms with Crippen LogP contribution in [0.1, 0.15) is 53.9 Å². The summed E-state index contributed by atoms with van der Waals surface area (Å²) in [4.78, 5) is 23.8. The highest BCUT2D eigenvalue weighted by Crippen LogP contribution is 2.27. The second-order valence-corrected chi connectivity index (χ2v) is 7.42. The van der Waals surface area contributed by atoms with Crippen LogP contribution < -0.4 is 22.5 Å². The van der Waals surface area contributed by atoms with Crippen molar-refractivity contribution in [3.63, 3.8) is 0 Å². The van der Waals surface area contributed by atoms with Gasteiger partial charge in [-0.05, 0) is 47.5 Å². The Kier molecular flexibility index (Phi) is 8.86. The van der Waals surface area contributed by atoms with Gasteiger partial charge in [-0.25, -0.2) is 0 Å². The minimum atomic E-state index is -0.867. The highest BCUT2D eigenvalue weighted by Gasteiger charge is 2.36. The molecular weight excluding hydrogens is 326 g/mol. The Morgan fingerprint density at radius 1 is 1.08 bits per heavy atom. The van der Waals surface area contributed by atoms with E-state index in [0.717, 1.165) is 0 Å². The third-order valence-electron chi connectivity index (χ3n) is 3.29. The van der Waals surface area contributed by atoms with Crippen molar-refractivity contribution in [1.82, 2.24) is 5.32 Å². The monoisotopic (exact) mass is 359 g/mol. The molecule has 0 amide bonds. The van der Waals surface area contributed by atoms with Gasteiger partial charge in [-0.3, -0.25) is 15.0 Å². The summed E-state index contributed by atoms with van der Waals surface area (Å²) < 4.78 is 10.8. The van der Waals surface area contributed by atoms with Gasteiger partial charge in [0.25, 0.3) is 0 Å². The average molecular weight is 359 g/mol. The first-order valence-corrected chi connectivity index (χ1v) is 8.30. The normalized spacial score (nSPS) is 14.4. The van der Waals surface area contributed by atoms with Crippen LogP contribution in [-0.4, -0.2) is 47.7 Å². The molecule has 0 fully saturated rings. The van der Waals surface area contributed by atoms with Crippen molar-refractivity contribution in [2.75, 3.05) is 6.54 Å². The Labute approximate surface area is 149 Å². The molecule has 0 rings (SSSR count). The van der Waals surface area contributed by atoms with Gasteiger partial charge in [-0.15, -0.1) is 0 Å². The van der Waals surface area contributed by atoms with E-state index in [0.29, 0.717) is 25.8 Å². The van der Waals surface area contributed by atoms with Crippen LogP contribution >= 0.6 is 0 Å². The number of nitrogens with two attached hydrogens (primary N) is 3. The summed E-state index contributed by atoms with van der Waals surface area (Å²) in [6.07, 6.45) is 1.27. The molecule has 0 saturated heterocycles. The lowest BCUT2D eigenvalue weighted by Crippen LogP contribution is -2.45. The van der Waals surface area contributed by atoms with E-state index in [9.17, 15) is 9.59 Å². The number of hydrogen-bond donors (Lipinski definition) is 5. The number of hydrogen-bond acceptors (Lipinski definition) is 7. The first-order chi connectivity index (χ1) is 11.3. The molecule has 9 heteroatoms. The van der Waals surface area contributed by atoms with Crippen LogP contribution in [0.25, 0.3) is 0 Å². The lowest BCUT2D eigenvalue weighted by atomic mass is 9.92. The number of rotatable bonds is 10. The number of nitrogens with one attached hydrogen (secondary N) is 2. The fourth-order valence-electron chi connectivity index (χ4n) is 2.47. The Morgan fingerprint density at radius 3 is 2.00 bits per heavy atom. The van der Waals surface area contributed by atoms with E-state index in [2.05, 4.69) is 5.32 Å². The summed E-state index contributed by atoms with van der Waals surface area (Å²) >= 11 is 0. The third-order valence-corrected chi connectivity index (χ3v) is 3.29. The molecule has 0 aromatic heterocycles. The van der Waals surface area contributed by atoms with Crippen LogP contribution in [0.2, 0.25) is 0 Å². The van der Waals surface area contributed by atoms with Crippen LogP contribution in [0.4, 0.5) is 0 Å². The minimum Gasteiger partial charge on any atom is -0.458 e. The predicted octanol–water partition coefficient (Wildman–Crippen LogP) is -0.0421. The van der Waals surface area contributed by atoms with Crippen LogP contribution in [0.3, 0.4) is 0 Å². The zero-order valence-corrected chi connectivity index (χ0v) is 15.8. The SMILES string of the molecule is CC(N)C(=O)OC(C)(C)CC(C)(C)OC(=O)C(N)CCCNC(=N)N. The fraction of sp³-hybridized carbons (Fsp3) is 0.812. The van der Waals surface area contributed by atoms with Crippen molar-refractivity contribution in [3.8, 4) is 0 Å². The Balaban J connectivity index is 4.50. The minimum absolute atomic E-state index is 0.124. The summed E-state index contributed by atoms with van der Waals surface area (Å²) in [5, 5.41) is 9.68. The first-order valence-electron chi connectivity index (χ1n) is 8.30. The van der Waals surface area contributed by atoms with Gasteiger partial charge in [0.05, 0.1) is 0 Å². The molecule has 0 radical (unpaired) electrons. The molecule has 0 aliphatic carbocycles. The fourth-order valence-corrected chi connectivity index (χ4v) is 2.47. The lowest BCUT2D eigenvalue weighted by molar-refractivity contribution is -0.171. The molecular formula is C16H33N5O4. The molecule has 0 aromatic rings. The number of guanidine groups is 1. The molecule has 146 valence electrons. The van der Waals surface area contributed by atoms with E-state index < -0.39 is 35.2 Å². The van der Waals surface area contributed by atoms with Crippen LogP contribution in [0.5, 0.6) is 0 Å². The van der Waals surface area contributed by atoms with Crippen LogP contribution in [0.15, 0.2) is 0 Å². The molecule has 0 aliphatic rings. The highest BCUT2D eigenvalue weighted by molar-refractivity contribution is 5.76. The van der Waals surface area contributed by atoms with E-state index in [4.69, 9.17) is 32.1 Å². The van der Waals surface area contributed by atoms with Crippen LogP contribution in [-0.2, 0) is 19.1 Å². The quantitative estimate of drug-likeness (QED) is 0.157. The topological polar surface area (TPSA) is 167 Å². The van der Waals surface area contributed by atoms with E-state index in [1.165, 1.54) is 0 Å². The maximum atomic E-state index is 12.1. The van der Waals surface area contributed by atoms with E-state index in [-0.39, 0.29) is 5.96 Å². The van der Waals surface area contributed by atoms with Gasteiger partial charge in [0.15, 0.2) is 5.96 Å². The molecule has 0 aromatic carbocycles. The van der Waals surface area contributed by atoms with Gasteiger partial charge in [0, 0.05) is 13.0 Å². The number of ether oxygens (including phenoxy) is 2. The van der Waals surface area contributed by atoms with Crippen molar-refractivity contribution in [3.05, 3.63) is 0 Å². The summed E-state index contributed by atoms with van der Waals surface area (Å²) in [5.41, 5.74) is 14.8. The zero-order valence-electron chi connectivity index (χ0n) is 15.8. The molecule has 0 spiro atoms. The van der Waals surface area contributed by atoms with Crippen molar-refractivity contribution >= 4 is 17.9 Å². The summed E-state index contributed by atoms with van der Waals surface area (Å²) in [6.45, 7) is 8.93. The summed E-state index contributed by atoms with van der Waals surface area (Å²) in [6, 6.07) is -1.50. The largest absolute Gasteiger partial charge is 0.458 e. The standard InChI is InChI=1S/C16H33N5O4/c1-10(17)12(22)24-15(2,3)9-16(4,5)25-13(23)11(18)7-6-8-21-14(19)20/h10-11H,6-9,17-18H2,1-5H3,(H4,19,20,21). The number of esters is 2. The van der Waals surface area contributed by atoms with Gasteiger partial charge in [0.2, 0.25) is 0 Å². The molecule has 0 heterocycles. The first kappa shape index (κ1) is 23.1. The maximum Gasteiger partial charge on any atom is 0.323 e. The molecule has 2 unspecified atom stereocenters. The Bertz CT molecular complexity index is 477.